The minimum absolute atomic E-state index is 0.257. The van der Waals surface area contributed by atoms with E-state index >= 15 is 0 Å². The van der Waals surface area contributed by atoms with Crippen molar-refractivity contribution >= 4 is 0 Å². The quantitative estimate of drug-likeness (QED) is 0.509. The van der Waals surface area contributed by atoms with Gasteiger partial charge < -0.3 is 4.74 Å². The number of ether oxygens (including phenoxy) is 1. The van der Waals surface area contributed by atoms with Crippen LogP contribution in [0.1, 0.15) is 32.1 Å². The summed E-state index contributed by atoms with van der Waals surface area (Å²) in [4.78, 5) is 0. The van der Waals surface area contributed by atoms with Crippen LogP contribution >= 0.6 is 0 Å². The normalized spacial score (nSPS) is 24.8. The van der Waals surface area contributed by atoms with E-state index in [2.05, 4.69) is 11.5 Å². The molecule has 0 amide bonds. The maximum absolute atomic E-state index is 5.51. The Morgan fingerprint density at radius 2 is 2.46 bits per heavy atom. The summed E-state index contributed by atoms with van der Waals surface area (Å²) in [6.45, 7) is 0.832. The predicted molar refractivity (Wildman–Crippen MR) is 51.7 cm³/mol. The van der Waals surface area contributed by atoms with Crippen molar-refractivity contribution in [3.63, 3.8) is 0 Å². The van der Waals surface area contributed by atoms with Gasteiger partial charge in [0.05, 0.1) is 12.6 Å². The van der Waals surface area contributed by atoms with Crippen molar-refractivity contribution in [1.29, 1.82) is 0 Å². The average Bonchev–Trinajstić information content (AvgIpc) is 2.55. The third-order valence-electron chi connectivity index (χ3n) is 3.07. The second-order valence-corrected chi connectivity index (χ2v) is 4.00. The highest BCUT2D eigenvalue weighted by molar-refractivity contribution is 5.07. The Kier molecular flexibility index (Phi) is 2.86. The van der Waals surface area contributed by atoms with E-state index in [-0.39, 0.29) is 6.04 Å². The Balaban J connectivity index is 1.84. The topological polar surface area (TPSA) is 47.3 Å². The molecule has 3 N–H and O–H groups in total. The van der Waals surface area contributed by atoms with Crippen LogP contribution in [-0.2, 0) is 4.74 Å². The van der Waals surface area contributed by atoms with Crippen LogP contribution < -0.4 is 11.3 Å². The van der Waals surface area contributed by atoms with E-state index in [4.69, 9.17) is 10.6 Å². The molecular formula is C10H18N2O. The third-order valence-corrected chi connectivity index (χ3v) is 3.07. The summed E-state index contributed by atoms with van der Waals surface area (Å²) in [5, 5.41) is 0. The molecule has 1 unspecified atom stereocenters. The first-order valence-corrected chi connectivity index (χ1v) is 5.19. The van der Waals surface area contributed by atoms with Crippen molar-refractivity contribution in [2.75, 3.05) is 6.61 Å². The van der Waals surface area contributed by atoms with Crippen molar-refractivity contribution in [3.05, 3.63) is 11.8 Å². The van der Waals surface area contributed by atoms with Crippen LogP contribution in [0, 0.1) is 5.92 Å². The van der Waals surface area contributed by atoms with Crippen molar-refractivity contribution in [3.8, 4) is 0 Å². The molecule has 1 heterocycles. The summed E-state index contributed by atoms with van der Waals surface area (Å²) in [7, 11) is 0. The average molecular weight is 182 g/mol. The van der Waals surface area contributed by atoms with Crippen molar-refractivity contribution in [1.82, 2.24) is 5.43 Å². The van der Waals surface area contributed by atoms with Gasteiger partial charge in [0.2, 0.25) is 0 Å². The fourth-order valence-electron chi connectivity index (χ4n) is 2.01. The van der Waals surface area contributed by atoms with Crippen molar-refractivity contribution in [2.24, 2.45) is 11.8 Å². The molecular weight excluding hydrogens is 164 g/mol. The highest BCUT2D eigenvalue weighted by Gasteiger charge is 2.25. The smallest absolute Gasteiger partial charge is 0.110 e. The minimum Gasteiger partial charge on any atom is -0.496 e. The van der Waals surface area contributed by atoms with Gasteiger partial charge >= 0.3 is 0 Å². The minimum atomic E-state index is 0.257. The van der Waals surface area contributed by atoms with Gasteiger partial charge in [-0.15, -0.1) is 0 Å². The lowest BCUT2D eigenvalue weighted by Gasteiger charge is -2.29. The number of nitrogens with two attached hydrogens (primary N) is 1. The molecule has 0 aromatic rings. The number of hydrazine groups is 1. The number of hydrogen-bond donors (Lipinski definition) is 2. The molecule has 0 spiro atoms. The van der Waals surface area contributed by atoms with Crippen LogP contribution in [0.15, 0.2) is 11.8 Å². The van der Waals surface area contributed by atoms with Gasteiger partial charge in [-0.2, -0.15) is 0 Å². The van der Waals surface area contributed by atoms with E-state index in [1.807, 2.05) is 0 Å². The van der Waals surface area contributed by atoms with E-state index in [0.717, 1.165) is 31.1 Å². The summed E-state index contributed by atoms with van der Waals surface area (Å²) in [5.74, 6) is 7.44. The lowest BCUT2D eigenvalue weighted by atomic mass is 9.80. The van der Waals surface area contributed by atoms with Gasteiger partial charge in [-0.25, -0.2) is 5.43 Å². The van der Waals surface area contributed by atoms with Crippen LogP contribution in [0.2, 0.25) is 0 Å². The molecule has 13 heavy (non-hydrogen) atoms. The molecule has 1 aliphatic carbocycles. The Morgan fingerprint density at radius 1 is 1.62 bits per heavy atom. The first-order chi connectivity index (χ1) is 6.40. The molecule has 0 radical (unpaired) electrons. The van der Waals surface area contributed by atoms with Crippen LogP contribution in [0.5, 0.6) is 0 Å². The Hall–Kier alpha value is -0.540. The number of hydrogen-bond acceptors (Lipinski definition) is 3. The molecule has 0 saturated heterocycles. The SMILES string of the molecule is NNC(CC1CCC1)C1=CCCO1. The predicted octanol–water partition coefficient (Wildman–Crippen LogP) is 1.31. The monoisotopic (exact) mass is 182 g/mol. The van der Waals surface area contributed by atoms with Gasteiger partial charge in [0.15, 0.2) is 0 Å². The summed E-state index contributed by atoms with van der Waals surface area (Å²) in [6, 6.07) is 0.257. The first kappa shape index (κ1) is 9.03. The summed E-state index contributed by atoms with van der Waals surface area (Å²) in [5.41, 5.74) is 2.85. The van der Waals surface area contributed by atoms with Crippen LogP contribution in [0.4, 0.5) is 0 Å². The second-order valence-electron chi connectivity index (χ2n) is 4.00. The van der Waals surface area contributed by atoms with Gasteiger partial charge in [0.1, 0.15) is 5.76 Å². The van der Waals surface area contributed by atoms with Crippen molar-refractivity contribution in [2.45, 2.75) is 38.1 Å². The van der Waals surface area contributed by atoms with E-state index < -0.39 is 0 Å². The fraction of sp³-hybridized carbons (Fsp3) is 0.800. The molecule has 2 aliphatic rings. The van der Waals surface area contributed by atoms with Gasteiger partial charge in [-0.3, -0.25) is 5.84 Å². The van der Waals surface area contributed by atoms with Gasteiger partial charge in [0.25, 0.3) is 0 Å². The zero-order valence-corrected chi connectivity index (χ0v) is 7.96. The molecule has 1 aliphatic heterocycles. The van der Waals surface area contributed by atoms with E-state index in [1.54, 1.807) is 0 Å². The molecule has 1 fully saturated rings. The lowest BCUT2D eigenvalue weighted by Crippen LogP contribution is -2.39. The molecule has 3 heteroatoms. The van der Waals surface area contributed by atoms with E-state index in [9.17, 15) is 0 Å². The largest absolute Gasteiger partial charge is 0.496 e. The zero-order valence-electron chi connectivity index (χ0n) is 7.96. The highest BCUT2D eigenvalue weighted by Crippen LogP contribution is 2.32. The first-order valence-electron chi connectivity index (χ1n) is 5.19. The molecule has 0 aromatic carbocycles. The molecule has 2 rings (SSSR count). The number of nitrogens with one attached hydrogen (secondary N) is 1. The standard InChI is InChI=1S/C10H18N2O/c11-12-9(7-8-3-1-4-8)10-5-2-6-13-10/h5,8-9,12H,1-4,6-7,11H2. The Bertz CT molecular complexity index is 199. The lowest BCUT2D eigenvalue weighted by molar-refractivity contribution is 0.188. The number of rotatable bonds is 4. The highest BCUT2D eigenvalue weighted by atomic mass is 16.5. The maximum Gasteiger partial charge on any atom is 0.110 e. The summed E-state index contributed by atoms with van der Waals surface area (Å²) in [6.07, 6.45) is 8.46. The molecule has 0 aromatic heterocycles. The zero-order chi connectivity index (χ0) is 9.10. The molecule has 1 saturated carbocycles. The van der Waals surface area contributed by atoms with Crippen LogP contribution in [-0.4, -0.2) is 12.6 Å². The maximum atomic E-state index is 5.51. The molecule has 3 nitrogen and oxygen atoms in total. The Labute approximate surface area is 79.3 Å². The van der Waals surface area contributed by atoms with E-state index in [0.29, 0.717) is 0 Å². The van der Waals surface area contributed by atoms with Gasteiger partial charge in [-0.05, 0) is 18.4 Å². The summed E-state index contributed by atoms with van der Waals surface area (Å²) >= 11 is 0. The second kappa shape index (κ2) is 4.11. The van der Waals surface area contributed by atoms with Gasteiger partial charge in [0, 0.05) is 6.42 Å². The van der Waals surface area contributed by atoms with E-state index in [1.165, 1.54) is 19.3 Å². The third kappa shape index (κ3) is 2.03. The van der Waals surface area contributed by atoms with Crippen LogP contribution in [0.25, 0.3) is 0 Å². The Morgan fingerprint density at radius 3 is 2.92 bits per heavy atom. The summed E-state index contributed by atoms with van der Waals surface area (Å²) < 4.78 is 5.49. The fourth-order valence-corrected chi connectivity index (χ4v) is 2.01. The molecule has 74 valence electrons. The van der Waals surface area contributed by atoms with Gasteiger partial charge in [-0.1, -0.05) is 19.3 Å². The van der Waals surface area contributed by atoms with Crippen LogP contribution in [0.3, 0.4) is 0 Å². The molecule has 1 atom stereocenters. The van der Waals surface area contributed by atoms with Crippen molar-refractivity contribution < 1.29 is 4.74 Å². The molecule has 0 bridgehead atoms.